The van der Waals surface area contributed by atoms with Gasteiger partial charge in [-0.3, -0.25) is 9.59 Å². The summed E-state index contributed by atoms with van der Waals surface area (Å²) in [5.41, 5.74) is 0. The average Bonchev–Trinajstić information content (AvgIpc) is 2.34. The minimum Gasteiger partial charge on any atom is -0.481 e. The van der Waals surface area contributed by atoms with E-state index in [-0.39, 0.29) is 37.3 Å². The van der Waals surface area contributed by atoms with E-state index in [1.165, 1.54) is 0 Å². The summed E-state index contributed by atoms with van der Waals surface area (Å²) in [6, 6.07) is -0.141. The molecule has 2 atom stereocenters. The van der Waals surface area contributed by atoms with Crippen LogP contribution in [0.5, 0.6) is 0 Å². The molecule has 21 heavy (non-hydrogen) atoms. The van der Waals surface area contributed by atoms with Gasteiger partial charge >= 0.3 is 5.97 Å². The van der Waals surface area contributed by atoms with Crippen LogP contribution in [0.2, 0.25) is 0 Å². The van der Waals surface area contributed by atoms with Crippen LogP contribution >= 0.6 is 0 Å². The first kappa shape index (κ1) is 17.9. The molecule has 0 aliphatic carbocycles. The van der Waals surface area contributed by atoms with E-state index >= 15 is 0 Å². The number of amides is 1. The number of hydrogen-bond donors (Lipinski definition) is 2. The molecular weight excluding hydrogens is 296 g/mol. The number of carboxylic acids is 1. The fourth-order valence-corrected chi connectivity index (χ4v) is 3.07. The first-order valence-electron chi connectivity index (χ1n) is 7.15. The summed E-state index contributed by atoms with van der Waals surface area (Å²) in [6.45, 7) is 2.56. The molecule has 1 saturated heterocycles. The number of rotatable bonds is 7. The van der Waals surface area contributed by atoms with Gasteiger partial charge in [0.15, 0.2) is 0 Å². The molecule has 0 saturated carbocycles. The lowest BCUT2D eigenvalue weighted by atomic mass is 9.98. The standard InChI is InChI=1S/C13H24N2O5S/c1-10(8-13(17)18)7-12(16)15-6-4-3-5-11(15)9-14-21(2,19)20/h10-11,14H,3-9H2,1-2H3,(H,17,18). The zero-order valence-electron chi connectivity index (χ0n) is 12.5. The zero-order valence-corrected chi connectivity index (χ0v) is 13.4. The van der Waals surface area contributed by atoms with E-state index in [0.29, 0.717) is 6.54 Å². The van der Waals surface area contributed by atoms with Gasteiger partial charge in [0, 0.05) is 32.0 Å². The Morgan fingerprint density at radius 1 is 1.33 bits per heavy atom. The fourth-order valence-electron chi connectivity index (χ4n) is 2.57. The van der Waals surface area contributed by atoms with Gasteiger partial charge in [0.05, 0.1) is 6.26 Å². The van der Waals surface area contributed by atoms with Gasteiger partial charge in [-0.1, -0.05) is 6.92 Å². The molecule has 1 fully saturated rings. The van der Waals surface area contributed by atoms with Crippen LogP contribution < -0.4 is 4.72 Å². The first-order chi connectivity index (χ1) is 9.69. The molecule has 1 heterocycles. The number of hydrogen-bond acceptors (Lipinski definition) is 4. The Hall–Kier alpha value is -1.15. The van der Waals surface area contributed by atoms with Crippen molar-refractivity contribution in [2.45, 2.75) is 45.1 Å². The number of carbonyl (C=O) groups is 2. The Morgan fingerprint density at radius 2 is 2.00 bits per heavy atom. The topological polar surface area (TPSA) is 104 Å². The second-order valence-corrected chi connectivity index (χ2v) is 7.60. The third-order valence-corrected chi connectivity index (χ3v) is 4.27. The Labute approximate surface area is 125 Å². The van der Waals surface area contributed by atoms with Crippen molar-refractivity contribution in [1.82, 2.24) is 9.62 Å². The van der Waals surface area contributed by atoms with Crippen LogP contribution in [0.3, 0.4) is 0 Å². The SMILES string of the molecule is CC(CC(=O)O)CC(=O)N1CCCCC1CNS(C)(=O)=O. The highest BCUT2D eigenvalue weighted by Crippen LogP contribution is 2.20. The monoisotopic (exact) mass is 320 g/mol. The average molecular weight is 320 g/mol. The number of likely N-dealkylation sites (tertiary alicyclic amines) is 1. The number of carbonyl (C=O) groups excluding carboxylic acids is 1. The highest BCUT2D eigenvalue weighted by Gasteiger charge is 2.28. The molecule has 8 heteroatoms. The van der Waals surface area contributed by atoms with Crippen LogP contribution in [-0.4, -0.2) is 55.7 Å². The predicted octanol–water partition coefficient (Wildman–Crippen LogP) is 0.418. The second kappa shape index (κ2) is 7.74. The third-order valence-electron chi connectivity index (χ3n) is 3.57. The second-order valence-electron chi connectivity index (χ2n) is 5.76. The van der Waals surface area contributed by atoms with Crippen LogP contribution in [0, 0.1) is 5.92 Å². The lowest BCUT2D eigenvalue weighted by Crippen LogP contribution is -2.49. The number of sulfonamides is 1. The van der Waals surface area contributed by atoms with Crippen molar-refractivity contribution in [3.8, 4) is 0 Å². The van der Waals surface area contributed by atoms with Crippen molar-refractivity contribution >= 4 is 21.9 Å². The lowest BCUT2D eigenvalue weighted by molar-refractivity contribution is -0.139. The smallest absolute Gasteiger partial charge is 0.303 e. The van der Waals surface area contributed by atoms with Crippen LogP contribution in [0.15, 0.2) is 0 Å². The molecule has 1 aliphatic rings. The molecule has 0 aromatic rings. The Balaban J connectivity index is 2.59. The van der Waals surface area contributed by atoms with E-state index in [0.717, 1.165) is 25.5 Å². The van der Waals surface area contributed by atoms with Gasteiger partial charge in [-0.05, 0) is 25.2 Å². The molecule has 0 aromatic heterocycles. The minimum absolute atomic E-state index is 0.0359. The molecule has 1 amide bonds. The number of nitrogens with zero attached hydrogens (tertiary/aromatic N) is 1. The largest absolute Gasteiger partial charge is 0.481 e. The maximum absolute atomic E-state index is 12.3. The molecule has 0 spiro atoms. The Kier molecular flexibility index (Phi) is 6.60. The van der Waals surface area contributed by atoms with Gasteiger partial charge < -0.3 is 10.0 Å². The number of carboxylic acid groups (broad SMARTS) is 1. The zero-order chi connectivity index (χ0) is 16.0. The van der Waals surface area contributed by atoms with Crippen molar-refractivity contribution < 1.29 is 23.1 Å². The molecule has 2 unspecified atom stereocenters. The van der Waals surface area contributed by atoms with E-state index in [9.17, 15) is 18.0 Å². The molecular formula is C13H24N2O5S. The third kappa shape index (κ3) is 6.90. The van der Waals surface area contributed by atoms with Crippen molar-refractivity contribution in [1.29, 1.82) is 0 Å². The van der Waals surface area contributed by atoms with Gasteiger partial charge in [0.25, 0.3) is 0 Å². The van der Waals surface area contributed by atoms with E-state index in [2.05, 4.69) is 4.72 Å². The van der Waals surface area contributed by atoms with Crippen LogP contribution in [-0.2, 0) is 19.6 Å². The summed E-state index contributed by atoms with van der Waals surface area (Å²) >= 11 is 0. The Morgan fingerprint density at radius 3 is 2.57 bits per heavy atom. The summed E-state index contributed by atoms with van der Waals surface area (Å²) in [5.74, 6) is -1.23. The van der Waals surface area contributed by atoms with Crippen LogP contribution in [0.25, 0.3) is 0 Å². The van der Waals surface area contributed by atoms with Gasteiger partial charge in [-0.25, -0.2) is 13.1 Å². The molecule has 122 valence electrons. The predicted molar refractivity (Wildman–Crippen MR) is 78.2 cm³/mol. The van der Waals surface area contributed by atoms with Crippen molar-refractivity contribution in [3.05, 3.63) is 0 Å². The first-order valence-corrected chi connectivity index (χ1v) is 9.04. The fraction of sp³-hybridized carbons (Fsp3) is 0.846. The van der Waals surface area contributed by atoms with E-state index in [1.54, 1.807) is 11.8 Å². The number of nitrogens with one attached hydrogen (secondary N) is 1. The van der Waals surface area contributed by atoms with Gasteiger partial charge in [-0.2, -0.15) is 0 Å². The van der Waals surface area contributed by atoms with Gasteiger partial charge in [-0.15, -0.1) is 0 Å². The number of aliphatic carboxylic acids is 1. The van der Waals surface area contributed by atoms with E-state index in [1.807, 2.05) is 0 Å². The number of piperidine rings is 1. The van der Waals surface area contributed by atoms with Gasteiger partial charge in [0.2, 0.25) is 15.9 Å². The van der Waals surface area contributed by atoms with E-state index in [4.69, 9.17) is 5.11 Å². The lowest BCUT2D eigenvalue weighted by Gasteiger charge is -2.36. The van der Waals surface area contributed by atoms with Gasteiger partial charge in [0.1, 0.15) is 0 Å². The normalized spacial score (nSPS) is 21.0. The summed E-state index contributed by atoms with van der Waals surface area (Å²) in [4.78, 5) is 24.6. The molecule has 7 nitrogen and oxygen atoms in total. The van der Waals surface area contributed by atoms with Crippen LogP contribution in [0.4, 0.5) is 0 Å². The summed E-state index contributed by atoms with van der Waals surface area (Å²) in [6.07, 6.45) is 3.87. The molecule has 0 radical (unpaired) electrons. The summed E-state index contributed by atoms with van der Waals surface area (Å²) in [5, 5.41) is 8.73. The highest BCUT2D eigenvalue weighted by molar-refractivity contribution is 7.88. The highest BCUT2D eigenvalue weighted by atomic mass is 32.2. The quantitative estimate of drug-likeness (QED) is 0.707. The molecule has 0 bridgehead atoms. The van der Waals surface area contributed by atoms with Crippen molar-refractivity contribution in [3.63, 3.8) is 0 Å². The minimum atomic E-state index is -3.28. The summed E-state index contributed by atoms with van der Waals surface area (Å²) in [7, 11) is -3.28. The maximum Gasteiger partial charge on any atom is 0.303 e. The molecule has 2 N–H and O–H groups in total. The summed E-state index contributed by atoms with van der Waals surface area (Å²) < 4.78 is 24.8. The van der Waals surface area contributed by atoms with Crippen molar-refractivity contribution in [2.24, 2.45) is 5.92 Å². The molecule has 1 rings (SSSR count). The van der Waals surface area contributed by atoms with Crippen LogP contribution in [0.1, 0.15) is 39.0 Å². The van der Waals surface area contributed by atoms with E-state index < -0.39 is 16.0 Å². The maximum atomic E-state index is 12.3. The van der Waals surface area contributed by atoms with Crippen molar-refractivity contribution in [2.75, 3.05) is 19.3 Å². The molecule has 1 aliphatic heterocycles. The Bertz CT molecular complexity index is 477. The molecule has 0 aromatic carbocycles.